The summed E-state index contributed by atoms with van der Waals surface area (Å²) in [5.41, 5.74) is 0. The standard InChI is InChI=1S/C6H13NO4S/c1-7(2)5(6(8)9)4-12(3,10)11/h5H,4H2,1-3H3,(H,8,9)/t5-/m0/s1. The summed E-state index contributed by atoms with van der Waals surface area (Å²) in [6.45, 7) is 0. The van der Waals surface area contributed by atoms with Gasteiger partial charge in [-0.05, 0) is 14.1 Å². The fourth-order valence-electron chi connectivity index (χ4n) is 0.728. The molecule has 0 amide bonds. The molecular weight excluding hydrogens is 182 g/mol. The quantitative estimate of drug-likeness (QED) is 0.625. The van der Waals surface area contributed by atoms with Crippen molar-refractivity contribution < 1.29 is 18.3 Å². The Morgan fingerprint density at radius 2 is 1.92 bits per heavy atom. The van der Waals surface area contributed by atoms with Gasteiger partial charge >= 0.3 is 5.97 Å². The molecule has 0 aromatic rings. The summed E-state index contributed by atoms with van der Waals surface area (Å²) in [4.78, 5) is 11.9. The predicted molar refractivity (Wildman–Crippen MR) is 44.8 cm³/mol. The Balaban J connectivity index is 4.46. The van der Waals surface area contributed by atoms with Crippen LogP contribution in [0.3, 0.4) is 0 Å². The van der Waals surface area contributed by atoms with E-state index in [9.17, 15) is 13.2 Å². The van der Waals surface area contributed by atoms with Crippen molar-refractivity contribution in [2.45, 2.75) is 6.04 Å². The number of sulfone groups is 1. The van der Waals surface area contributed by atoms with Crippen LogP contribution < -0.4 is 0 Å². The van der Waals surface area contributed by atoms with Crippen LogP contribution in [-0.2, 0) is 14.6 Å². The molecule has 0 unspecified atom stereocenters. The first-order chi connectivity index (χ1) is 5.24. The summed E-state index contributed by atoms with van der Waals surface area (Å²) in [5, 5.41) is 8.60. The second kappa shape index (κ2) is 3.86. The number of aliphatic carboxylic acids is 1. The van der Waals surface area contributed by atoms with Gasteiger partial charge in [-0.2, -0.15) is 0 Å². The number of hydrogen-bond donors (Lipinski definition) is 1. The smallest absolute Gasteiger partial charge is 0.321 e. The van der Waals surface area contributed by atoms with Gasteiger partial charge in [-0.25, -0.2) is 8.42 Å². The summed E-state index contributed by atoms with van der Waals surface area (Å²) < 4.78 is 21.5. The van der Waals surface area contributed by atoms with E-state index in [0.717, 1.165) is 6.26 Å². The highest BCUT2D eigenvalue weighted by molar-refractivity contribution is 7.90. The molecule has 1 N–H and O–H groups in total. The molecule has 1 atom stereocenters. The number of hydrogen-bond acceptors (Lipinski definition) is 4. The van der Waals surface area contributed by atoms with Crippen molar-refractivity contribution in [3.05, 3.63) is 0 Å². The van der Waals surface area contributed by atoms with Crippen LogP contribution in [0.1, 0.15) is 0 Å². The Hall–Kier alpha value is -0.620. The van der Waals surface area contributed by atoms with Gasteiger partial charge in [0.05, 0.1) is 5.75 Å². The maximum absolute atomic E-state index is 10.8. The fourth-order valence-corrected chi connectivity index (χ4v) is 1.74. The Kier molecular flexibility index (Phi) is 3.66. The molecule has 0 aliphatic heterocycles. The molecule has 72 valence electrons. The largest absolute Gasteiger partial charge is 0.480 e. The topological polar surface area (TPSA) is 74.7 Å². The van der Waals surface area contributed by atoms with Gasteiger partial charge in [-0.3, -0.25) is 9.69 Å². The van der Waals surface area contributed by atoms with Crippen molar-refractivity contribution in [2.75, 3.05) is 26.1 Å². The highest BCUT2D eigenvalue weighted by Gasteiger charge is 2.24. The lowest BCUT2D eigenvalue weighted by Crippen LogP contribution is -2.41. The Labute approximate surface area is 71.9 Å². The van der Waals surface area contributed by atoms with E-state index >= 15 is 0 Å². The number of likely N-dealkylation sites (N-methyl/N-ethyl adjacent to an activating group) is 1. The van der Waals surface area contributed by atoms with Crippen LogP contribution >= 0.6 is 0 Å². The second-order valence-corrected chi connectivity index (χ2v) is 5.09. The molecule has 0 fully saturated rings. The molecule has 0 aliphatic rings. The summed E-state index contributed by atoms with van der Waals surface area (Å²) in [6.07, 6.45) is 1.02. The Morgan fingerprint density at radius 1 is 1.50 bits per heavy atom. The van der Waals surface area contributed by atoms with E-state index in [-0.39, 0.29) is 5.75 Å². The van der Waals surface area contributed by atoms with Crippen LogP contribution in [0.15, 0.2) is 0 Å². The molecule has 6 heteroatoms. The number of nitrogens with zero attached hydrogens (tertiary/aromatic N) is 1. The number of rotatable bonds is 4. The summed E-state index contributed by atoms with van der Waals surface area (Å²) >= 11 is 0. The van der Waals surface area contributed by atoms with E-state index in [0.29, 0.717) is 0 Å². The third-order valence-electron chi connectivity index (χ3n) is 1.37. The molecule has 0 heterocycles. The maximum Gasteiger partial charge on any atom is 0.321 e. The van der Waals surface area contributed by atoms with Crippen molar-refractivity contribution in [3.63, 3.8) is 0 Å². The number of carbonyl (C=O) groups is 1. The summed E-state index contributed by atoms with van der Waals surface area (Å²) in [7, 11) is -0.172. The minimum Gasteiger partial charge on any atom is -0.480 e. The van der Waals surface area contributed by atoms with Gasteiger partial charge in [0.15, 0.2) is 0 Å². The highest BCUT2D eigenvalue weighted by Crippen LogP contribution is 1.97. The fraction of sp³-hybridized carbons (Fsp3) is 0.833. The van der Waals surface area contributed by atoms with Gasteiger partial charge < -0.3 is 5.11 Å². The van der Waals surface area contributed by atoms with E-state index in [1.54, 1.807) is 0 Å². The van der Waals surface area contributed by atoms with E-state index in [4.69, 9.17) is 5.11 Å². The SMILES string of the molecule is CN(C)[C@@H](CS(C)(=O)=O)C(=O)O. The van der Waals surface area contributed by atoms with Crippen molar-refractivity contribution in [2.24, 2.45) is 0 Å². The first-order valence-electron chi connectivity index (χ1n) is 3.31. The van der Waals surface area contributed by atoms with E-state index in [2.05, 4.69) is 0 Å². The Morgan fingerprint density at radius 3 is 2.00 bits per heavy atom. The van der Waals surface area contributed by atoms with Crippen LogP contribution in [0, 0.1) is 0 Å². The summed E-state index contributed by atoms with van der Waals surface area (Å²) in [5.74, 6) is -1.47. The minimum atomic E-state index is -3.24. The molecule has 0 radical (unpaired) electrons. The third kappa shape index (κ3) is 4.30. The van der Waals surface area contributed by atoms with Crippen LogP contribution in [0.25, 0.3) is 0 Å². The van der Waals surface area contributed by atoms with E-state index in [1.165, 1.54) is 19.0 Å². The highest BCUT2D eigenvalue weighted by atomic mass is 32.2. The predicted octanol–water partition coefficient (Wildman–Crippen LogP) is -0.954. The lowest BCUT2D eigenvalue weighted by Gasteiger charge is -2.18. The monoisotopic (exact) mass is 195 g/mol. The third-order valence-corrected chi connectivity index (χ3v) is 2.29. The van der Waals surface area contributed by atoms with E-state index in [1.807, 2.05) is 0 Å². The van der Waals surface area contributed by atoms with Crippen LogP contribution in [-0.4, -0.2) is 56.5 Å². The zero-order chi connectivity index (χ0) is 9.94. The molecule has 0 rings (SSSR count). The Bertz CT molecular complexity index is 257. The van der Waals surface area contributed by atoms with E-state index < -0.39 is 21.8 Å². The zero-order valence-corrected chi connectivity index (χ0v) is 8.13. The van der Waals surface area contributed by atoms with Crippen molar-refractivity contribution in [1.29, 1.82) is 0 Å². The van der Waals surface area contributed by atoms with Crippen LogP contribution in [0.5, 0.6) is 0 Å². The molecule has 5 nitrogen and oxygen atoms in total. The van der Waals surface area contributed by atoms with Gasteiger partial charge in [0.2, 0.25) is 0 Å². The average molecular weight is 195 g/mol. The first-order valence-corrected chi connectivity index (χ1v) is 5.37. The molecule has 0 bridgehead atoms. The average Bonchev–Trinajstić information content (AvgIpc) is 1.79. The minimum absolute atomic E-state index is 0.352. The second-order valence-electron chi connectivity index (χ2n) is 2.91. The molecule has 12 heavy (non-hydrogen) atoms. The van der Waals surface area contributed by atoms with Gasteiger partial charge in [0, 0.05) is 6.26 Å². The molecule has 0 saturated heterocycles. The maximum atomic E-state index is 10.8. The van der Waals surface area contributed by atoms with Gasteiger partial charge in [-0.15, -0.1) is 0 Å². The van der Waals surface area contributed by atoms with Crippen molar-refractivity contribution in [1.82, 2.24) is 4.90 Å². The zero-order valence-electron chi connectivity index (χ0n) is 7.31. The molecule has 0 aromatic heterocycles. The molecular formula is C6H13NO4S. The lowest BCUT2D eigenvalue weighted by atomic mass is 10.3. The van der Waals surface area contributed by atoms with Crippen molar-refractivity contribution in [3.8, 4) is 0 Å². The first kappa shape index (κ1) is 11.4. The van der Waals surface area contributed by atoms with Gasteiger partial charge in [0.25, 0.3) is 0 Å². The van der Waals surface area contributed by atoms with Crippen molar-refractivity contribution >= 4 is 15.8 Å². The number of carboxylic acid groups (broad SMARTS) is 1. The molecule has 0 saturated carbocycles. The molecule has 0 spiro atoms. The van der Waals surface area contributed by atoms with Crippen LogP contribution in [0.4, 0.5) is 0 Å². The molecule has 0 aliphatic carbocycles. The normalized spacial score (nSPS) is 14.7. The number of carboxylic acids is 1. The van der Waals surface area contributed by atoms with Gasteiger partial charge in [-0.1, -0.05) is 0 Å². The van der Waals surface area contributed by atoms with Gasteiger partial charge in [0.1, 0.15) is 15.9 Å². The summed E-state index contributed by atoms with van der Waals surface area (Å²) in [6, 6.07) is -0.958. The molecule has 0 aromatic carbocycles. The van der Waals surface area contributed by atoms with Crippen LogP contribution in [0.2, 0.25) is 0 Å². The lowest BCUT2D eigenvalue weighted by molar-refractivity contribution is -0.141.